The molecule has 0 amide bonds. The number of rotatable bonds is 6. The molecule has 3 aromatic rings. The smallest absolute Gasteiger partial charge is 0.216 e. The molecule has 1 fully saturated rings. The molecular weight excluding hydrogens is 290 g/mol. The van der Waals surface area contributed by atoms with Gasteiger partial charge in [0.05, 0.1) is 5.92 Å². The Bertz CT molecular complexity index is 843. The molecule has 0 bridgehead atoms. The highest BCUT2D eigenvalue weighted by Gasteiger charge is 2.25. The second kappa shape index (κ2) is 5.49. The van der Waals surface area contributed by atoms with E-state index in [1.54, 1.807) is 0 Å². The molecule has 1 atom stereocenters. The number of H-pyrrole nitrogens is 1. The molecule has 0 spiro atoms. The van der Waals surface area contributed by atoms with Gasteiger partial charge in [0.1, 0.15) is 11.5 Å². The third-order valence-corrected chi connectivity index (χ3v) is 4.23. The molecule has 1 saturated carbocycles. The Labute approximate surface area is 133 Å². The van der Waals surface area contributed by atoms with Gasteiger partial charge in [-0.05, 0) is 31.4 Å². The van der Waals surface area contributed by atoms with E-state index in [0.717, 1.165) is 17.9 Å². The molecule has 7 nitrogen and oxygen atoms in total. The summed E-state index contributed by atoms with van der Waals surface area (Å²) in [7, 11) is 0. The van der Waals surface area contributed by atoms with Gasteiger partial charge in [0.15, 0.2) is 5.82 Å². The van der Waals surface area contributed by atoms with Gasteiger partial charge < -0.3 is 10.7 Å². The van der Waals surface area contributed by atoms with Crippen molar-refractivity contribution in [3.05, 3.63) is 35.9 Å². The van der Waals surface area contributed by atoms with E-state index in [1.807, 2.05) is 35.7 Å². The van der Waals surface area contributed by atoms with Crippen LogP contribution in [0.25, 0.3) is 5.65 Å². The zero-order chi connectivity index (χ0) is 15.8. The summed E-state index contributed by atoms with van der Waals surface area (Å²) in [5.41, 5.74) is 1.99. The van der Waals surface area contributed by atoms with Crippen LogP contribution in [0, 0.1) is 5.41 Å². The molecule has 0 aromatic carbocycles. The van der Waals surface area contributed by atoms with Crippen molar-refractivity contribution < 1.29 is 0 Å². The molecular formula is C16H19N7. The topological polar surface area (TPSA) is 94.8 Å². The fourth-order valence-electron chi connectivity index (χ4n) is 2.69. The molecule has 7 heteroatoms. The van der Waals surface area contributed by atoms with Gasteiger partial charge in [-0.15, -0.1) is 0 Å². The first-order chi connectivity index (χ1) is 11.3. The van der Waals surface area contributed by atoms with Gasteiger partial charge in [0.25, 0.3) is 0 Å². The monoisotopic (exact) mass is 309 g/mol. The molecule has 3 aromatic heterocycles. The predicted octanol–water partition coefficient (Wildman–Crippen LogP) is 3.22. The minimum Gasteiger partial charge on any atom is -0.312 e. The average molecular weight is 309 g/mol. The Kier molecular flexibility index (Phi) is 3.33. The molecule has 23 heavy (non-hydrogen) atoms. The van der Waals surface area contributed by atoms with Crippen LogP contribution >= 0.6 is 0 Å². The number of nitrogens with zero attached hydrogens (tertiary/aromatic N) is 4. The van der Waals surface area contributed by atoms with E-state index in [0.29, 0.717) is 17.7 Å². The summed E-state index contributed by atoms with van der Waals surface area (Å²) in [6.45, 7) is 2.03. The van der Waals surface area contributed by atoms with Gasteiger partial charge in [-0.25, -0.2) is 4.98 Å². The predicted molar refractivity (Wildman–Crippen MR) is 88.6 cm³/mol. The zero-order valence-corrected chi connectivity index (χ0v) is 13.0. The molecule has 0 aliphatic heterocycles. The molecule has 4 rings (SSSR count). The summed E-state index contributed by atoms with van der Waals surface area (Å²) in [6.07, 6.45) is 6.59. The van der Waals surface area contributed by atoms with Crippen LogP contribution in [0.3, 0.4) is 0 Å². The number of hydrogen-bond donors (Lipinski definition) is 3. The molecule has 0 unspecified atom stereocenters. The molecule has 3 N–H and O–H groups in total. The lowest BCUT2D eigenvalue weighted by Crippen LogP contribution is -2.10. The van der Waals surface area contributed by atoms with Crippen molar-refractivity contribution >= 4 is 23.6 Å². The lowest BCUT2D eigenvalue weighted by Gasteiger charge is -2.11. The maximum Gasteiger partial charge on any atom is 0.216 e. The van der Waals surface area contributed by atoms with E-state index in [1.165, 1.54) is 24.8 Å². The van der Waals surface area contributed by atoms with Gasteiger partial charge in [-0.3, -0.25) is 9.50 Å². The number of aromatic amines is 1. The quantitative estimate of drug-likeness (QED) is 0.609. The Balaban J connectivity index is 1.71. The van der Waals surface area contributed by atoms with Crippen LogP contribution in [0.2, 0.25) is 0 Å². The number of aromatic nitrogens is 5. The maximum absolute atomic E-state index is 7.57. The van der Waals surface area contributed by atoms with E-state index < -0.39 is 0 Å². The highest BCUT2D eigenvalue weighted by Crippen LogP contribution is 2.39. The zero-order valence-electron chi connectivity index (χ0n) is 13.0. The Morgan fingerprint density at radius 3 is 3.09 bits per heavy atom. The second-order valence-electron chi connectivity index (χ2n) is 5.93. The highest BCUT2D eigenvalue weighted by molar-refractivity contribution is 5.64. The van der Waals surface area contributed by atoms with Crippen LogP contribution < -0.4 is 5.32 Å². The Morgan fingerprint density at radius 2 is 2.35 bits per heavy atom. The number of nitrogens with one attached hydrogen (secondary N) is 3. The fourth-order valence-corrected chi connectivity index (χ4v) is 2.69. The van der Waals surface area contributed by atoms with Crippen LogP contribution in [-0.4, -0.2) is 30.8 Å². The molecule has 118 valence electrons. The van der Waals surface area contributed by atoms with Gasteiger partial charge >= 0.3 is 0 Å². The summed E-state index contributed by atoms with van der Waals surface area (Å²) in [5.74, 6) is 2.65. The summed E-state index contributed by atoms with van der Waals surface area (Å²) >= 11 is 0. The van der Waals surface area contributed by atoms with E-state index in [4.69, 9.17) is 5.41 Å². The van der Waals surface area contributed by atoms with Crippen LogP contribution in [0.15, 0.2) is 24.4 Å². The average Bonchev–Trinajstić information content (AvgIpc) is 3.11. The van der Waals surface area contributed by atoms with Crippen molar-refractivity contribution in [2.75, 3.05) is 5.32 Å². The molecule has 3 heterocycles. The van der Waals surface area contributed by atoms with Crippen LogP contribution in [-0.2, 0) is 0 Å². The first-order valence-corrected chi connectivity index (χ1v) is 7.96. The first kappa shape index (κ1) is 13.9. The largest absolute Gasteiger partial charge is 0.312 e. The van der Waals surface area contributed by atoms with E-state index >= 15 is 0 Å². The van der Waals surface area contributed by atoms with Crippen molar-refractivity contribution in [2.45, 2.75) is 38.0 Å². The third-order valence-electron chi connectivity index (χ3n) is 4.23. The first-order valence-electron chi connectivity index (χ1n) is 7.96. The van der Waals surface area contributed by atoms with E-state index in [9.17, 15) is 0 Å². The van der Waals surface area contributed by atoms with E-state index in [2.05, 4.69) is 25.5 Å². The summed E-state index contributed by atoms with van der Waals surface area (Å²) in [6, 6.07) is 5.92. The molecule has 0 saturated heterocycles. The summed E-state index contributed by atoms with van der Waals surface area (Å²) in [5, 5.41) is 18.3. The van der Waals surface area contributed by atoms with Gasteiger partial charge in [0.2, 0.25) is 5.95 Å². The third kappa shape index (κ3) is 2.58. The van der Waals surface area contributed by atoms with Crippen LogP contribution in [0.1, 0.15) is 49.5 Å². The normalized spacial score (nSPS) is 15.7. The SMILES string of the molecule is CC[C@@H](C=N)c1nc(Nc2cc(C3CC3)[nH]n2)n2cccc2n1. The van der Waals surface area contributed by atoms with Gasteiger partial charge in [-0.1, -0.05) is 6.92 Å². The van der Waals surface area contributed by atoms with Crippen molar-refractivity contribution in [1.82, 2.24) is 24.6 Å². The maximum atomic E-state index is 7.57. The number of hydrogen-bond acceptors (Lipinski definition) is 5. The molecule has 0 radical (unpaired) electrons. The van der Waals surface area contributed by atoms with Crippen molar-refractivity contribution in [1.29, 1.82) is 5.41 Å². The van der Waals surface area contributed by atoms with Gasteiger partial charge in [-0.2, -0.15) is 10.1 Å². The fraction of sp³-hybridized carbons (Fsp3) is 0.375. The molecule has 1 aliphatic carbocycles. The van der Waals surface area contributed by atoms with Gasteiger partial charge in [0, 0.05) is 30.1 Å². The van der Waals surface area contributed by atoms with E-state index in [-0.39, 0.29) is 5.92 Å². The van der Waals surface area contributed by atoms with Crippen molar-refractivity contribution in [2.24, 2.45) is 0 Å². The second-order valence-corrected chi connectivity index (χ2v) is 5.93. The number of fused-ring (bicyclic) bond motifs is 1. The Hall–Kier alpha value is -2.70. The van der Waals surface area contributed by atoms with Crippen LogP contribution in [0.5, 0.6) is 0 Å². The number of anilines is 2. The van der Waals surface area contributed by atoms with Crippen molar-refractivity contribution in [3.63, 3.8) is 0 Å². The minimum absolute atomic E-state index is 0.0725. The lowest BCUT2D eigenvalue weighted by atomic mass is 10.1. The summed E-state index contributed by atoms with van der Waals surface area (Å²) in [4.78, 5) is 9.17. The molecule has 1 aliphatic rings. The Morgan fingerprint density at radius 1 is 1.48 bits per heavy atom. The van der Waals surface area contributed by atoms with Crippen molar-refractivity contribution in [3.8, 4) is 0 Å². The highest BCUT2D eigenvalue weighted by atomic mass is 15.3. The van der Waals surface area contributed by atoms with Crippen LogP contribution in [0.4, 0.5) is 11.8 Å². The standard InChI is InChI=1S/C16H19N7/c1-2-10(9-17)15-19-14-4-3-7-23(14)16(20-15)18-13-8-12(21-22-13)11-5-6-11/h3-4,7-11,17H,2,5-6H2,1H3,(H2,18,19,20,21,22)/t10-/m0/s1. The lowest BCUT2D eigenvalue weighted by molar-refractivity contribution is 0.774. The minimum atomic E-state index is -0.0725. The summed E-state index contributed by atoms with van der Waals surface area (Å²) < 4.78 is 1.89.